The molecule has 2 saturated carbocycles. The van der Waals surface area contributed by atoms with Gasteiger partial charge in [0.2, 0.25) is 0 Å². The summed E-state index contributed by atoms with van der Waals surface area (Å²) in [6.45, 7) is 4.72. The molecule has 3 heterocycles. The number of aliphatic hydroxyl groups is 6. The van der Waals surface area contributed by atoms with Crippen LogP contribution in [-0.2, 0) is 19.3 Å². The molecular weight excluding hydrogens is 1080 g/mol. The van der Waals surface area contributed by atoms with Crippen molar-refractivity contribution in [1.29, 1.82) is 0 Å². The highest BCUT2D eigenvalue weighted by Gasteiger charge is 2.61. The molecule has 3 aromatic carbocycles. The summed E-state index contributed by atoms with van der Waals surface area (Å²) in [5.74, 6) is 8.37. The van der Waals surface area contributed by atoms with Crippen molar-refractivity contribution in [3.05, 3.63) is 154 Å². The SMILES string of the molecule is CC[C@H]1Cc2cc(O)c(O[C@H]3C[C@@H](Cc4ccc[nH]4)C4=CCNC(N)=C4CSSC[C@H](CO)[C@@H]3O)cc2[C@@H]2C[C@@H](O)[C@@H]3[C@@H](C#C[C@]4(C[C@@H](NC[C@H](C)O)CC[C@@H]3O)C[C@H](c3ccccc3)[C@H](Cc3ccccc3)C3(CCCC3)[C@H]4CO)C=C12. The summed E-state index contributed by atoms with van der Waals surface area (Å²) in [6.07, 6.45) is 12.5. The first kappa shape index (κ1) is 60.0. The van der Waals surface area contributed by atoms with Gasteiger partial charge in [-0.1, -0.05) is 132 Å². The summed E-state index contributed by atoms with van der Waals surface area (Å²) in [6, 6.07) is 29.6. The van der Waals surface area contributed by atoms with Gasteiger partial charge in [-0.25, -0.2) is 0 Å². The van der Waals surface area contributed by atoms with Crippen LogP contribution >= 0.6 is 21.6 Å². The van der Waals surface area contributed by atoms with Crippen molar-refractivity contribution in [1.82, 2.24) is 15.6 Å². The molecule has 0 amide bonds. The van der Waals surface area contributed by atoms with Crippen molar-refractivity contribution in [2.75, 3.05) is 37.8 Å². The summed E-state index contributed by atoms with van der Waals surface area (Å²) in [4.78, 5) is 3.39. The van der Waals surface area contributed by atoms with Crippen LogP contribution in [0.1, 0.15) is 124 Å². The second-order valence-electron chi connectivity index (χ2n) is 25.8. The van der Waals surface area contributed by atoms with Crippen LogP contribution in [0.5, 0.6) is 11.5 Å². The molecule has 11 rings (SSSR count). The fourth-order valence-electron chi connectivity index (χ4n) is 16.9. The Kier molecular flexibility index (Phi) is 19.2. The summed E-state index contributed by atoms with van der Waals surface area (Å²) >= 11 is 0. The number of aromatic amines is 1. The van der Waals surface area contributed by atoms with Gasteiger partial charge >= 0.3 is 0 Å². The van der Waals surface area contributed by atoms with Gasteiger partial charge in [-0.2, -0.15) is 0 Å². The molecule has 446 valence electrons. The fraction of sp³-hybridized carbons (Fsp3) is 0.565. The zero-order chi connectivity index (χ0) is 57.8. The van der Waals surface area contributed by atoms with Gasteiger partial charge in [0.15, 0.2) is 11.5 Å². The molecule has 4 aromatic rings. The van der Waals surface area contributed by atoms with Crippen LogP contribution in [-0.4, -0.2) is 115 Å². The summed E-state index contributed by atoms with van der Waals surface area (Å²) in [5, 5.41) is 91.0. The van der Waals surface area contributed by atoms with Crippen molar-refractivity contribution < 1.29 is 40.5 Å². The number of phenolic OH excluding ortho intramolecular Hbond substituents is 1. The quantitative estimate of drug-likeness (QED) is 0.0342. The first-order chi connectivity index (χ1) is 40.3. The predicted octanol–water partition coefficient (Wildman–Crippen LogP) is 9.46. The second kappa shape index (κ2) is 26.5. The van der Waals surface area contributed by atoms with Crippen molar-refractivity contribution in [3.8, 4) is 23.3 Å². The van der Waals surface area contributed by atoms with E-state index in [-0.39, 0.29) is 71.7 Å². The predicted molar refractivity (Wildman–Crippen MR) is 332 cm³/mol. The van der Waals surface area contributed by atoms with Crippen molar-refractivity contribution in [3.63, 3.8) is 0 Å². The third-order valence-corrected chi connectivity index (χ3v) is 23.3. The monoisotopic (exact) mass is 1170 g/mol. The standard InChI is InChI=1S/C69H90N4O8S2/c1-3-44-28-47-31-60(78)62(81-63-32-48(29-50-17-12-25-71-50)52-21-26-72-67(70)57(52)41-83-82-40-49(38-74)66(63)80)34-54(47)55-33-61(79)65-46(30-53(44)55)20-24-68(35-51(18-19-59(65)77)73-37-42(2)76)36-56(45-15-8-5-9-16-45)58(27-43-13-6-4-7-14-43)69(64(68)39-75)22-10-11-23-69/h4-9,12-17,21,25,30-31,34,42,44,46,48-49,51,55-56,58-59,61,63-66,71-80H,3,10-11,18-19,22-23,26-29,32-33,35-41,70H2,1-2H3/t42-,44-,46-,48+,49-,51-,55+,56+,58-,59-,61+,63-,64-,65+,66-,68-/m0/s1. The van der Waals surface area contributed by atoms with Crippen LogP contribution in [0, 0.1) is 64.1 Å². The van der Waals surface area contributed by atoms with E-state index in [1.807, 2.05) is 24.4 Å². The number of nitrogens with one attached hydrogen (secondary N) is 3. The molecule has 16 atom stereocenters. The highest BCUT2D eigenvalue weighted by atomic mass is 33.1. The Hall–Kier alpha value is -4.66. The van der Waals surface area contributed by atoms with E-state index < -0.39 is 53.7 Å². The molecule has 2 spiro atoms. The number of aliphatic hydroxyl groups excluding tert-OH is 6. The molecule has 0 bridgehead atoms. The maximum atomic E-state index is 13.0. The topological polar surface area (TPSA) is 217 Å². The van der Waals surface area contributed by atoms with Crippen LogP contribution in [0.2, 0.25) is 0 Å². The number of H-pyrrole nitrogens is 1. The van der Waals surface area contributed by atoms with Crippen LogP contribution in [0.15, 0.2) is 126 Å². The molecule has 12 N–H and O–H groups in total. The van der Waals surface area contributed by atoms with Crippen LogP contribution < -0.4 is 21.1 Å². The van der Waals surface area contributed by atoms with Crippen LogP contribution in [0.25, 0.3) is 0 Å². The lowest BCUT2D eigenvalue weighted by molar-refractivity contribution is -0.0916. The lowest BCUT2D eigenvalue weighted by Crippen LogP contribution is -2.56. The molecular formula is C69H90N4O8S2. The number of rotatable bonds is 13. The van der Waals surface area contributed by atoms with Crippen molar-refractivity contribution >= 4 is 21.6 Å². The molecule has 0 radical (unpaired) electrons. The third kappa shape index (κ3) is 12.6. The highest BCUT2D eigenvalue weighted by Crippen LogP contribution is 2.67. The first-order valence-electron chi connectivity index (χ1n) is 31.1. The zero-order valence-electron chi connectivity index (χ0n) is 48.5. The van der Waals surface area contributed by atoms with E-state index in [4.69, 9.17) is 10.5 Å². The average molecular weight is 1170 g/mol. The van der Waals surface area contributed by atoms with E-state index in [0.717, 1.165) is 72.9 Å². The van der Waals surface area contributed by atoms with Gasteiger partial charge in [-0.05, 0) is 165 Å². The molecule has 83 heavy (non-hydrogen) atoms. The van der Waals surface area contributed by atoms with Gasteiger partial charge in [-0.3, -0.25) is 0 Å². The average Bonchev–Trinajstić information content (AvgIpc) is 3.68. The normalized spacial score (nSPS) is 34.0. The molecule has 7 aliphatic rings. The Morgan fingerprint density at radius 2 is 1.67 bits per heavy atom. The third-order valence-electron chi connectivity index (χ3n) is 20.9. The van der Waals surface area contributed by atoms with Gasteiger partial charge in [-0.15, -0.1) is 0 Å². The van der Waals surface area contributed by atoms with Gasteiger partial charge < -0.3 is 61.8 Å². The number of hydrogen-bond donors (Lipinski definition) is 11. The van der Waals surface area contributed by atoms with E-state index in [1.165, 1.54) is 16.7 Å². The van der Waals surface area contributed by atoms with E-state index in [1.54, 1.807) is 28.5 Å². The van der Waals surface area contributed by atoms with Crippen LogP contribution in [0.4, 0.5) is 0 Å². The largest absolute Gasteiger partial charge is 0.504 e. The van der Waals surface area contributed by atoms with E-state index in [2.05, 4.69) is 113 Å². The maximum Gasteiger partial charge on any atom is 0.161 e. The number of phenols is 1. The molecule has 0 unspecified atom stereocenters. The lowest BCUT2D eigenvalue weighted by atomic mass is 9.44. The molecule has 5 aliphatic carbocycles. The summed E-state index contributed by atoms with van der Waals surface area (Å²) in [5.41, 5.74) is 14.7. The highest BCUT2D eigenvalue weighted by molar-refractivity contribution is 8.76. The fourth-order valence-corrected chi connectivity index (χ4v) is 19.4. The van der Waals surface area contributed by atoms with Gasteiger partial charge in [0.25, 0.3) is 0 Å². The number of hydrogen-bond acceptors (Lipinski definition) is 13. The summed E-state index contributed by atoms with van der Waals surface area (Å²) in [7, 11) is 3.26. The molecule has 14 heteroatoms. The number of nitrogens with two attached hydrogens (primary N) is 1. The number of aromatic hydroxyl groups is 1. The smallest absolute Gasteiger partial charge is 0.161 e. The number of fused-ring (bicyclic) bond motifs is 5. The van der Waals surface area contributed by atoms with E-state index >= 15 is 0 Å². The molecule has 1 aromatic heterocycles. The molecule has 3 fully saturated rings. The molecule has 12 nitrogen and oxygen atoms in total. The second-order valence-corrected chi connectivity index (χ2v) is 28.3. The van der Waals surface area contributed by atoms with Gasteiger partial charge in [0.1, 0.15) is 11.9 Å². The number of allylic oxidation sites excluding steroid dienone is 3. The molecule has 2 aliphatic heterocycles. The Balaban J connectivity index is 1.00. The number of benzene rings is 3. The molecule has 1 saturated heterocycles. The van der Waals surface area contributed by atoms with Gasteiger partial charge in [0, 0.05) is 96.3 Å². The Morgan fingerprint density at radius 1 is 0.892 bits per heavy atom. The summed E-state index contributed by atoms with van der Waals surface area (Å²) < 4.78 is 7.02. The van der Waals surface area contributed by atoms with Crippen molar-refractivity contribution in [2.45, 2.75) is 152 Å². The van der Waals surface area contributed by atoms with Crippen molar-refractivity contribution in [2.24, 2.45) is 58.0 Å². The first-order valence-corrected chi connectivity index (χ1v) is 33.6. The Morgan fingerprint density at radius 3 is 2.40 bits per heavy atom. The minimum absolute atomic E-state index is 0.00507. The Labute approximate surface area is 500 Å². The van der Waals surface area contributed by atoms with Gasteiger partial charge in [0.05, 0.1) is 24.4 Å². The van der Waals surface area contributed by atoms with E-state index in [0.29, 0.717) is 75.4 Å². The minimum atomic E-state index is -1.08. The number of dihydropyridines is 1. The zero-order valence-corrected chi connectivity index (χ0v) is 50.2. The minimum Gasteiger partial charge on any atom is -0.504 e. The number of ether oxygens (including phenoxy) is 1. The maximum absolute atomic E-state index is 13.0. The lowest BCUT2D eigenvalue weighted by Gasteiger charge is -2.59. The van der Waals surface area contributed by atoms with Crippen LogP contribution in [0.3, 0.4) is 0 Å². The van der Waals surface area contributed by atoms with E-state index in [9.17, 15) is 35.7 Å². The Bertz CT molecular complexity index is 2970. The number of aromatic nitrogens is 1.